The Morgan fingerprint density at radius 1 is 1.24 bits per heavy atom. The largest absolute Gasteiger partial charge is 0.490 e. The minimum atomic E-state index is 0.404. The molecule has 0 heterocycles. The summed E-state index contributed by atoms with van der Waals surface area (Å²) < 4.78 is 6.36. The first-order valence-corrected chi connectivity index (χ1v) is 8.66. The molecule has 1 saturated carbocycles. The van der Waals surface area contributed by atoms with Gasteiger partial charge in [0.25, 0.3) is 0 Å². The molecule has 1 aromatic carbocycles. The van der Waals surface area contributed by atoms with Gasteiger partial charge < -0.3 is 10.1 Å². The van der Waals surface area contributed by atoms with E-state index in [0.717, 1.165) is 18.2 Å². The second kappa shape index (κ2) is 7.84. The summed E-state index contributed by atoms with van der Waals surface area (Å²) in [4.78, 5) is 0. The van der Waals surface area contributed by atoms with Gasteiger partial charge in [0.15, 0.2) is 0 Å². The second-order valence-corrected chi connectivity index (χ2v) is 6.41. The van der Waals surface area contributed by atoms with Crippen LogP contribution >= 0.6 is 0 Å². The molecule has 21 heavy (non-hydrogen) atoms. The van der Waals surface area contributed by atoms with Gasteiger partial charge in [-0.2, -0.15) is 0 Å². The van der Waals surface area contributed by atoms with Crippen molar-refractivity contribution < 1.29 is 4.74 Å². The van der Waals surface area contributed by atoms with Crippen LogP contribution in [0.5, 0.6) is 5.75 Å². The fraction of sp³-hybridized carbons (Fsp3) is 0.684. The summed E-state index contributed by atoms with van der Waals surface area (Å²) in [6.45, 7) is 9.82. The van der Waals surface area contributed by atoms with Crippen LogP contribution in [0.1, 0.15) is 70.0 Å². The van der Waals surface area contributed by atoms with E-state index in [9.17, 15) is 0 Å². The van der Waals surface area contributed by atoms with Gasteiger partial charge in [0.1, 0.15) is 11.9 Å². The number of benzene rings is 1. The van der Waals surface area contributed by atoms with Crippen LogP contribution in [0.25, 0.3) is 0 Å². The summed E-state index contributed by atoms with van der Waals surface area (Å²) in [5.74, 6) is 1.81. The van der Waals surface area contributed by atoms with Crippen molar-refractivity contribution in [1.29, 1.82) is 0 Å². The van der Waals surface area contributed by atoms with E-state index in [4.69, 9.17) is 4.74 Å². The van der Waals surface area contributed by atoms with Crippen molar-refractivity contribution in [2.75, 3.05) is 6.54 Å². The highest BCUT2D eigenvalue weighted by molar-refractivity contribution is 5.37. The summed E-state index contributed by atoms with van der Waals surface area (Å²) in [7, 11) is 0. The first-order chi connectivity index (χ1) is 10.2. The second-order valence-electron chi connectivity index (χ2n) is 6.41. The average Bonchev–Trinajstić information content (AvgIpc) is 2.50. The molecule has 1 aliphatic carbocycles. The molecular weight excluding hydrogens is 258 g/mol. The zero-order valence-corrected chi connectivity index (χ0v) is 14.1. The number of hydrogen-bond acceptors (Lipinski definition) is 2. The molecule has 3 atom stereocenters. The molecule has 0 saturated heterocycles. The Morgan fingerprint density at radius 3 is 2.67 bits per heavy atom. The van der Waals surface area contributed by atoms with Gasteiger partial charge in [0.2, 0.25) is 0 Å². The highest BCUT2D eigenvalue weighted by atomic mass is 16.5. The van der Waals surface area contributed by atoms with Gasteiger partial charge in [-0.25, -0.2) is 0 Å². The monoisotopic (exact) mass is 289 g/mol. The molecule has 1 aromatic rings. The number of rotatable bonds is 6. The summed E-state index contributed by atoms with van der Waals surface area (Å²) in [5, 5.41) is 3.47. The minimum absolute atomic E-state index is 0.404. The number of aryl methyl sites for hydroxylation is 1. The predicted octanol–water partition coefficient (Wildman–Crippen LogP) is 5.01. The molecular formula is C19H31NO. The Morgan fingerprint density at radius 2 is 2.00 bits per heavy atom. The third-order valence-corrected chi connectivity index (χ3v) is 4.85. The van der Waals surface area contributed by atoms with Gasteiger partial charge in [-0.3, -0.25) is 0 Å². The van der Waals surface area contributed by atoms with E-state index in [2.05, 4.69) is 51.2 Å². The van der Waals surface area contributed by atoms with E-state index in [1.807, 2.05) is 0 Å². The predicted molar refractivity (Wildman–Crippen MR) is 89.9 cm³/mol. The lowest BCUT2D eigenvalue weighted by molar-refractivity contribution is 0.0897. The van der Waals surface area contributed by atoms with E-state index < -0.39 is 0 Å². The molecule has 0 radical (unpaired) electrons. The maximum absolute atomic E-state index is 6.36. The van der Waals surface area contributed by atoms with Crippen LogP contribution in [0.4, 0.5) is 0 Å². The number of hydrogen-bond donors (Lipinski definition) is 1. The van der Waals surface area contributed by atoms with Gasteiger partial charge in [-0.15, -0.1) is 0 Å². The van der Waals surface area contributed by atoms with Crippen molar-refractivity contribution in [1.82, 2.24) is 5.32 Å². The molecule has 0 aliphatic heterocycles. The van der Waals surface area contributed by atoms with Crippen LogP contribution in [0, 0.1) is 12.8 Å². The van der Waals surface area contributed by atoms with Crippen molar-refractivity contribution in [2.45, 2.75) is 71.9 Å². The first kappa shape index (κ1) is 16.4. The van der Waals surface area contributed by atoms with Gasteiger partial charge in [-0.1, -0.05) is 32.4 Å². The molecule has 2 rings (SSSR count). The molecule has 1 aliphatic rings. The maximum Gasteiger partial charge on any atom is 0.122 e. The molecule has 1 fully saturated rings. The Bertz CT molecular complexity index is 443. The quantitative estimate of drug-likeness (QED) is 0.794. The molecule has 0 aromatic heterocycles. The highest BCUT2D eigenvalue weighted by Gasteiger charge is 2.25. The Kier molecular flexibility index (Phi) is 6.10. The maximum atomic E-state index is 6.36. The molecule has 2 nitrogen and oxygen atoms in total. The summed E-state index contributed by atoms with van der Waals surface area (Å²) in [6.07, 6.45) is 6.88. The normalized spacial score (nSPS) is 23.8. The molecule has 0 spiro atoms. The molecule has 1 N–H and O–H groups in total. The fourth-order valence-corrected chi connectivity index (χ4v) is 3.46. The SMILES string of the molecule is CCNC(C)c1ccc(OC2CCCCC2CC)c(C)c1. The van der Waals surface area contributed by atoms with E-state index in [0.29, 0.717) is 12.1 Å². The zero-order valence-electron chi connectivity index (χ0n) is 14.1. The van der Waals surface area contributed by atoms with E-state index in [-0.39, 0.29) is 0 Å². The topological polar surface area (TPSA) is 21.3 Å². The van der Waals surface area contributed by atoms with Crippen molar-refractivity contribution >= 4 is 0 Å². The van der Waals surface area contributed by atoms with Crippen LogP contribution in [-0.4, -0.2) is 12.6 Å². The number of ether oxygens (including phenoxy) is 1. The summed E-state index contributed by atoms with van der Waals surface area (Å²) in [5.41, 5.74) is 2.61. The first-order valence-electron chi connectivity index (χ1n) is 8.66. The van der Waals surface area contributed by atoms with Crippen molar-refractivity contribution in [3.8, 4) is 5.75 Å². The zero-order chi connectivity index (χ0) is 15.2. The van der Waals surface area contributed by atoms with Crippen LogP contribution in [0.15, 0.2) is 18.2 Å². The highest BCUT2D eigenvalue weighted by Crippen LogP contribution is 2.32. The van der Waals surface area contributed by atoms with Gasteiger partial charge in [0.05, 0.1) is 0 Å². The average molecular weight is 289 g/mol. The Balaban J connectivity index is 2.06. The van der Waals surface area contributed by atoms with E-state index >= 15 is 0 Å². The molecule has 3 unspecified atom stereocenters. The number of nitrogens with one attached hydrogen (secondary N) is 1. The van der Waals surface area contributed by atoms with Gasteiger partial charge >= 0.3 is 0 Å². The van der Waals surface area contributed by atoms with Crippen LogP contribution in [0.3, 0.4) is 0 Å². The lowest BCUT2D eigenvalue weighted by atomic mass is 9.84. The van der Waals surface area contributed by atoms with Crippen LogP contribution < -0.4 is 10.1 Å². The third-order valence-electron chi connectivity index (χ3n) is 4.85. The van der Waals surface area contributed by atoms with Crippen molar-refractivity contribution in [3.05, 3.63) is 29.3 Å². The molecule has 0 bridgehead atoms. The smallest absolute Gasteiger partial charge is 0.122 e. The van der Waals surface area contributed by atoms with E-state index in [1.165, 1.54) is 43.2 Å². The van der Waals surface area contributed by atoms with Crippen LogP contribution in [-0.2, 0) is 0 Å². The third kappa shape index (κ3) is 4.23. The lowest BCUT2D eigenvalue weighted by Gasteiger charge is -2.31. The van der Waals surface area contributed by atoms with Gasteiger partial charge in [0, 0.05) is 6.04 Å². The Labute approximate surface area is 130 Å². The van der Waals surface area contributed by atoms with Crippen molar-refractivity contribution in [2.24, 2.45) is 5.92 Å². The minimum Gasteiger partial charge on any atom is -0.490 e. The van der Waals surface area contributed by atoms with Crippen LogP contribution in [0.2, 0.25) is 0 Å². The van der Waals surface area contributed by atoms with Gasteiger partial charge in [-0.05, 0) is 69.2 Å². The van der Waals surface area contributed by atoms with E-state index in [1.54, 1.807) is 0 Å². The standard InChI is InChI=1S/C19H31NO/c1-5-16-9-7-8-10-19(16)21-18-12-11-17(13-14(18)3)15(4)20-6-2/h11-13,15-16,19-20H,5-10H2,1-4H3. The molecule has 2 heteroatoms. The fourth-order valence-electron chi connectivity index (χ4n) is 3.46. The Hall–Kier alpha value is -1.02. The summed E-state index contributed by atoms with van der Waals surface area (Å²) in [6, 6.07) is 7.05. The van der Waals surface area contributed by atoms with Crippen molar-refractivity contribution in [3.63, 3.8) is 0 Å². The lowest BCUT2D eigenvalue weighted by Crippen LogP contribution is -2.30. The molecule has 0 amide bonds. The summed E-state index contributed by atoms with van der Waals surface area (Å²) >= 11 is 0. The molecule has 118 valence electrons.